The van der Waals surface area contributed by atoms with Crippen LogP contribution in [0.25, 0.3) is 0 Å². The van der Waals surface area contributed by atoms with Crippen molar-refractivity contribution in [3.05, 3.63) is 46.7 Å². The highest BCUT2D eigenvalue weighted by molar-refractivity contribution is 8.00. The molecule has 0 spiro atoms. The summed E-state index contributed by atoms with van der Waals surface area (Å²) < 4.78 is 0. The van der Waals surface area contributed by atoms with E-state index in [1.807, 2.05) is 0 Å². The van der Waals surface area contributed by atoms with Crippen LogP contribution in [0.2, 0.25) is 0 Å². The molecule has 0 aliphatic carbocycles. The monoisotopic (exact) mass is 459 g/mol. The number of carbonyl (C=O) groups excluding carboxylic acids is 4. The van der Waals surface area contributed by atoms with Gasteiger partial charge in [0.2, 0.25) is 5.91 Å². The summed E-state index contributed by atoms with van der Waals surface area (Å²) in [5.41, 5.74) is 0.817. The fourth-order valence-corrected chi connectivity index (χ4v) is 5.38. The van der Waals surface area contributed by atoms with Crippen LogP contribution in [0.5, 0.6) is 0 Å². The Morgan fingerprint density at radius 1 is 1.09 bits per heavy atom. The highest BCUT2D eigenvalue weighted by atomic mass is 32.2. The number of carbonyl (C=O) groups is 5. The standard InChI is InChI=1S/C21H21N3O7S/c25-9-11-10-32-20-15(19(29)24(20)16(11)21(30)31)22-14(26)7-3-4-8-23-17(27)12-5-1-2-6-13(12)18(23)28/h1-2,5-6,15,20,25H,3-4,7-10H2,(H,22,26)(H,30,31)/t15-,20+/m1/s1. The lowest BCUT2D eigenvalue weighted by Gasteiger charge is -2.49. The van der Waals surface area contributed by atoms with Gasteiger partial charge in [0.1, 0.15) is 17.1 Å². The van der Waals surface area contributed by atoms with Gasteiger partial charge in [-0.2, -0.15) is 0 Å². The fraction of sp³-hybridized carbons (Fsp3) is 0.381. The molecule has 4 amide bonds. The number of hydrogen-bond acceptors (Lipinski definition) is 7. The van der Waals surface area contributed by atoms with Crippen LogP contribution in [-0.2, 0) is 14.4 Å². The maximum Gasteiger partial charge on any atom is 0.352 e. The van der Waals surface area contributed by atoms with Crippen LogP contribution < -0.4 is 5.32 Å². The predicted molar refractivity (Wildman–Crippen MR) is 112 cm³/mol. The Balaban J connectivity index is 1.25. The molecule has 3 heterocycles. The predicted octanol–water partition coefficient (Wildman–Crippen LogP) is 0.184. The largest absolute Gasteiger partial charge is 0.477 e. The van der Waals surface area contributed by atoms with Crippen molar-refractivity contribution in [1.82, 2.24) is 15.1 Å². The van der Waals surface area contributed by atoms with Gasteiger partial charge in [0.05, 0.1) is 17.7 Å². The van der Waals surface area contributed by atoms with Crippen LogP contribution in [0.1, 0.15) is 40.0 Å². The first-order valence-corrected chi connectivity index (χ1v) is 11.2. The van der Waals surface area contributed by atoms with Crippen LogP contribution in [0.3, 0.4) is 0 Å². The number of fused-ring (bicyclic) bond motifs is 2. The maximum atomic E-state index is 12.4. The van der Waals surface area contributed by atoms with Crippen LogP contribution >= 0.6 is 11.8 Å². The second-order valence-electron chi connectivity index (χ2n) is 7.64. The lowest BCUT2D eigenvalue weighted by molar-refractivity contribution is -0.150. The fourth-order valence-electron chi connectivity index (χ4n) is 4.05. The number of benzene rings is 1. The summed E-state index contributed by atoms with van der Waals surface area (Å²) in [5.74, 6) is -2.59. The lowest BCUT2D eigenvalue weighted by Crippen LogP contribution is -2.70. The van der Waals surface area contributed by atoms with Crippen molar-refractivity contribution in [2.24, 2.45) is 0 Å². The zero-order chi connectivity index (χ0) is 23.0. The van der Waals surface area contributed by atoms with Crippen LogP contribution in [-0.4, -0.2) is 79.9 Å². The molecule has 168 valence electrons. The number of unbranched alkanes of at least 4 members (excludes halogenated alkanes) is 1. The van der Waals surface area contributed by atoms with Crippen molar-refractivity contribution in [1.29, 1.82) is 0 Å². The number of hydrogen-bond donors (Lipinski definition) is 3. The number of aliphatic hydroxyl groups is 1. The van der Waals surface area contributed by atoms with Crippen molar-refractivity contribution >= 4 is 41.4 Å². The van der Waals surface area contributed by atoms with Crippen molar-refractivity contribution < 1.29 is 34.2 Å². The van der Waals surface area contributed by atoms with Gasteiger partial charge in [-0.1, -0.05) is 12.1 Å². The Kier molecular flexibility index (Phi) is 6.02. The number of carboxylic acids is 1. The molecule has 32 heavy (non-hydrogen) atoms. The van der Waals surface area contributed by atoms with E-state index in [9.17, 15) is 34.2 Å². The molecule has 0 aromatic heterocycles. The molecule has 0 saturated carbocycles. The number of thioether (sulfide) groups is 1. The molecule has 1 fully saturated rings. The Morgan fingerprint density at radius 3 is 2.34 bits per heavy atom. The van der Waals surface area contributed by atoms with E-state index in [0.29, 0.717) is 24.0 Å². The van der Waals surface area contributed by atoms with Gasteiger partial charge in [-0.25, -0.2) is 4.79 Å². The minimum absolute atomic E-state index is 0.105. The number of β-lactam (4-membered cyclic amide) rings is 1. The van der Waals surface area contributed by atoms with E-state index in [-0.39, 0.29) is 47.7 Å². The number of carboxylic acid groups (broad SMARTS) is 1. The third-order valence-electron chi connectivity index (χ3n) is 5.67. The first-order valence-electron chi connectivity index (χ1n) is 10.1. The van der Waals surface area contributed by atoms with Crippen LogP contribution in [0.4, 0.5) is 0 Å². The molecule has 3 N–H and O–H groups in total. The number of rotatable bonds is 8. The minimum Gasteiger partial charge on any atom is -0.477 e. The van der Waals surface area contributed by atoms with Crippen molar-refractivity contribution in [2.45, 2.75) is 30.7 Å². The second kappa shape index (κ2) is 8.75. The van der Waals surface area contributed by atoms with Crippen molar-refractivity contribution in [3.63, 3.8) is 0 Å². The average Bonchev–Trinajstić information content (AvgIpc) is 3.03. The minimum atomic E-state index is -1.29. The number of nitrogens with one attached hydrogen (secondary N) is 1. The quantitative estimate of drug-likeness (QED) is 0.284. The number of amides is 4. The van der Waals surface area contributed by atoms with Gasteiger partial charge in [-0.15, -0.1) is 11.8 Å². The third-order valence-corrected chi connectivity index (χ3v) is 7.01. The van der Waals surface area contributed by atoms with Gasteiger partial charge in [0.25, 0.3) is 17.7 Å². The highest BCUT2D eigenvalue weighted by Crippen LogP contribution is 2.40. The Morgan fingerprint density at radius 2 is 1.75 bits per heavy atom. The third kappa shape index (κ3) is 3.67. The maximum absolute atomic E-state index is 12.4. The topological polar surface area (TPSA) is 144 Å². The Bertz CT molecular complexity index is 1020. The summed E-state index contributed by atoms with van der Waals surface area (Å²) in [6.45, 7) is -0.250. The van der Waals surface area contributed by atoms with Crippen molar-refractivity contribution in [3.8, 4) is 0 Å². The molecular weight excluding hydrogens is 438 g/mol. The average molecular weight is 459 g/mol. The van der Waals surface area contributed by atoms with Gasteiger partial charge in [-0.3, -0.25) is 29.0 Å². The normalized spacial score (nSPS) is 22.0. The van der Waals surface area contributed by atoms with E-state index < -0.39 is 29.9 Å². The molecule has 10 nitrogen and oxygen atoms in total. The van der Waals surface area contributed by atoms with E-state index >= 15 is 0 Å². The molecule has 11 heteroatoms. The summed E-state index contributed by atoms with van der Waals surface area (Å²) in [6, 6.07) is 5.80. The van der Waals surface area contributed by atoms with Gasteiger partial charge >= 0.3 is 5.97 Å². The lowest BCUT2D eigenvalue weighted by atomic mass is 10.0. The van der Waals surface area contributed by atoms with E-state index in [2.05, 4.69) is 5.32 Å². The van der Waals surface area contributed by atoms with Crippen molar-refractivity contribution in [2.75, 3.05) is 18.9 Å². The Labute approximate surface area is 187 Å². The van der Waals surface area contributed by atoms with Gasteiger partial charge in [-0.05, 0) is 30.5 Å². The summed E-state index contributed by atoms with van der Waals surface area (Å²) in [5, 5.41) is 20.8. The van der Waals surface area contributed by atoms with Crippen LogP contribution in [0, 0.1) is 0 Å². The number of nitrogens with zero attached hydrogens (tertiary/aromatic N) is 2. The summed E-state index contributed by atoms with van der Waals surface area (Å²) in [6.07, 6.45) is 0.956. The zero-order valence-corrected chi connectivity index (χ0v) is 17.8. The smallest absolute Gasteiger partial charge is 0.352 e. The number of aliphatic carboxylic acids is 1. The molecule has 0 unspecified atom stereocenters. The van der Waals surface area contributed by atoms with E-state index in [4.69, 9.17) is 0 Å². The first-order chi connectivity index (χ1) is 15.3. The Hall–Kier alpha value is -3.18. The molecule has 1 aromatic carbocycles. The molecule has 2 atom stereocenters. The highest BCUT2D eigenvalue weighted by Gasteiger charge is 2.54. The van der Waals surface area contributed by atoms with E-state index in [1.54, 1.807) is 24.3 Å². The number of imide groups is 1. The van der Waals surface area contributed by atoms with Gasteiger partial charge in [0.15, 0.2) is 0 Å². The molecule has 3 aliphatic heterocycles. The SMILES string of the molecule is O=C(CCCCN1C(=O)c2ccccc2C1=O)N[C@@H]1C(=O)N2C(C(=O)O)=C(CO)CS[C@@H]12. The van der Waals surface area contributed by atoms with E-state index in [1.165, 1.54) is 16.7 Å². The molecule has 0 radical (unpaired) electrons. The van der Waals surface area contributed by atoms with Gasteiger partial charge in [0, 0.05) is 18.7 Å². The summed E-state index contributed by atoms with van der Waals surface area (Å²) >= 11 is 1.29. The molecule has 0 bridgehead atoms. The van der Waals surface area contributed by atoms with E-state index in [0.717, 1.165) is 4.90 Å². The number of aliphatic hydroxyl groups excluding tert-OH is 1. The second-order valence-corrected chi connectivity index (χ2v) is 8.74. The molecule has 1 aromatic rings. The van der Waals surface area contributed by atoms with Gasteiger partial charge < -0.3 is 15.5 Å². The zero-order valence-electron chi connectivity index (χ0n) is 16.9. The molecule has 4 rings (SSSR count). The molecular formula is C21H21N3O7S. The summed E-state index contributed by atoms with van der Waals surface area (Å²) in [7, 11) is 0. The molecule has 1 saturated heterocycles. The van der Waals surface area contributed by atoms with Crippen LogP contribution in [0.15, 0.2) is 35.5 Å². The summed E-state index contributed by atoms with van der Waals surface area (Å²) in [4.78, 5) is 63.2. The molecule has 3 aliphatic rings. The first kappa shape index (κ1) is 22.0.